The van der Waals surface area contributed by atoms with Crippen LogP contribution in [0.1, 0.15) is 99.8 Å². The van der Waals surface area contributed by atoms with Crippen molar-refractivity contribution in [3.63, 3.8) is 0 Å². The van der Waals surface area contributed by atoms with Crippen LogP contribution in [-0.4, -0.2) is 12.1 Å². The van der Waals surface area contributed by atoms with Crippen LogP contribution in [0.3, 0.4) is 0 Å². The van der Waals surface area contributed by atoms with Gasteiger partial charge in [-0.15, -0.1) is 0 Å². The number of carbonyl (C=O) groups excluding carboxylic acids is 1. The predicted molar refractivity (Wildman–Crippen MR) is 133 cm³/mol. The Balaban J connectivity index is 1.50. The molecule has 0 heterocycles. The largest absolute Gasteiger partial charge is 0.462 e. The number of ether oxygens (including phenoxy) is 1. The maximum atomic E-state index is 11.5. The van der Waals surface area contributed by atoms with Crippen LogP contribution < -0.4 is 0 Å². The summed E-state index contributed by atoms with van der Waals surface area (Å²) < 4.78 is 5.62. The molecule has 4 rings (SSSR count). The molecule has 0 unspecified atom stereocenters. The number of rotatable bonds is 5. The average Bonchev–Trinajstić information content (AvgIpc) is 3.08. The van der Waals surface area contributed by atoms with Crippen LogP contribution in [0.15, 0.2) is 23.8 Å². The van der Waals surface area contributed by atoms with Gasteiger partial charge in [-0.3, -0.25) is 4.79 Å². The maximum absolute atomic E-state index is 11.5. The molecular weight excluding hydrogens is 392 g/mol. The van der Waals surface area contributed by atoms with E-state index in [2.05, 4.69) is 59.8 Å². The molecule has 9 atom stereocenters. The SMILES string of the molecule is CC(=O)O[C@@H]1CC[C@]2(C)C(=CC[C@@H]3[C@@H]4CC[C@@H]([C@H](C)/C=C/[C@H](C)C(C)C)[C@@]4(C)CC[C@@H]32)C1. The number of esters is 1. The van der Waals surface area contributed by atoms with E-state index in [0.717, 1.165) is 42.4 Å². The molecule has 4 aliphatic carbocycles. The van der Waals surface area contributed by atoms with Crippen LogP contribution in [0.2, 0.25) is 0 Å². The van der Waals surface area contributed by atoms with Gasteiger partial charge in [-0.05, 0) is 97.2 Å². The number of fused-ring (bicyclic) bond motifs is 5. The van der Waals surface area contributed by atoms with Crippen LogP contribution in [-0.2, 0) is 9.53 Å². The van der Waals surface area contributed by atoms with E-state index in [4.69, 9.17) is 4.74 Å². The van der Waals surface area contributed by atoms with Crippen molar-refractivity contribution < 1.29 is 9.53 Å². The molecule has 0 aromatic carbocycles. The summed E-state index contributed by atoms with van der Waals surface area (Å²) in [7, 11) is 0. The third kappa shape index (κ3) is 4.14. The summed E-state index contributed by atoms with van der Waals surface area (Å²) in [5, 5.41) is 0. The van der Waals surface area contributed by atoms with Crippen LogP contribution in [0.4, 0.5) is 0 Å². The van der Waals surface area contributed by atoms with E-state index in [1.807, 2.05) is 0 Å². The van der Waals surface area contributed by atoms with Crippen LogP contribution in [0.5, 0.6) is 0 Å². The molecule has 0 aromatic rings. The molecule has 180 valence electrons. The summed E-state index contributed by atoms with van der Waals surface area (Å²) in [4.78, 5) is 11.5. The fourth-order valence-corrected chi connectivity index (χ4v) is 8.57. The highest BCUT2D eigenvalue weighted by atomic mass is 16.5. The van der Waals surface area contributed by atoms with Gasteiger partial charge in [0.2, 0.25) is 0 Å². The molecule has 0 bridgehead atoms. The van der Waals surface area contributed by atoms with Crippen molar-refractivity contribution >= 4 is 5.97 Å². The summed E-state index contributed by atoms with van der Waals surface area (Å²) in [6.07, 6.45) is 17.8. The second-order valence-electron chi connectivity index (χ2n) is 12.8. The number of hydrogen-bond donors (Lipinski definition) is 0. The summed E-state index contributed by atoms with van der Waals surface area (Å²) in [6.45, 7) is 16.3. The summed E-state index contributed by atoms with van der Waals surface area (Å²) in [5.74, 6) is 5.35. The average molecular weight is 441 g/mol. The highest BCUT2D eigenvalue weighted by Crippen LogP contribution is 2.67. The van der Waals surface area contributed by atoms with Crippen molar-refractivity contribution in [2.75, 3.05) is 0 Å². The van der Waals surface area contributed by atoms with Gasteiger partial charge < -0.3 is 4.74 Å². The van der Waals surface area contributed by atoms with Gasteiger partial charge in [0.1, 0.15) is 6.10 Å². The highest BCUT2D eigenvalue weighted by molar-refractivity contribution is 5.66. The second kappa shape index (κ2) is 8.95. The van der Waals surface area contributed by atoms with E-state index in [1.54, 1.807) is 12.5 Å². The molecule has 4 aliphatic rings. The van der Waals surface area contributed by atoms with Gasteiger partial charge in [0.15, 0.2) is 0 Å². The molecule has 2 heteroatoms. The molecule has 0 radical (unpaired) electrons. The van der Waals surface area contributed by atoms with E-state index in [9.17, 15) is 4.79 Å². The molecule has 0 amide bonds. The van der Waals surface area contributed by atoms with Crippen molar-refractivity contribution in [1.29, 1.82) is 0 Å². The van der Waals surface area contributed by atoms with E-state index in [-0.39, 0.29) is 12.1 Å². The lowest BCUT2D eigenvalue weighted by molar-refractivity contribution is -0.148. The first-order valence-electron chi connectivity index (χ1n) is 13.6. The zero-order chi connectivity index (χ0) is 23.3. The van der Waals surface area contributed by atoms with Gasteiger partial charge in [0.25, 0.3) is 0 Å². The smallest absolute Gasteiger partial charge is 0.302 e. The van der Waals surface area contributed by atoms with E-state index >= 15 is 0 Å². The van der Waals surface area contributed by atoms with Gasteiger partial charge in [0, 0.05) is 13.3 Å². The van der Waals surface area contributed by atoms with Gasteiger partial charge in [-0.1, -0.05) is 65.3 Å². The lowest BCUT2D eigenvalue weighted by Crippen LogP contribution is -2.51. The van der Waals surface area contributed by atoms with E-state index in [1.165, 1.54) is 38.5 Å². The number of hydrogen-bond acceptors (Lipinski definition) is 2. The minimum atomic E-state index is -0.121. The van der Waals surface area contributed by atoms with Gasteiger partial charge >= 0.3 is 5.97 Å². The molecule has 3 fully saturated rings. The molecule has 2 nitrogen and oxygen atoms in total. The van der Waals surface area contributed by atoms with Crippen LogP contribution in [0.25, 0.3) is 0 Å². The molecule has 3 saturated carbocycles. The van der Waals surface area contributed by atoms with Gasteiger partial charge in [-0.25, -0.2) is 0 Å². The third-order valence-corrected chi connectivity index (χ3v) is 10.9. The quantitative estimate of drug-likeness (QED) is 0.320. The number of carbonyl (C=O) groups is 1. The Morgan fingerprint density at radius 1 is 1.03 bits per heavy atom. The van der Waals surface area contributed by atoms with Crippen LogP contribution >= 0.6 is 0 Å². The Morgan fingerprint density at radius 3 is 2.47 bits per heavy atom. The zero-order valence-electron chi connectivity index (χ0n) is 21.8. The van der Waals surface area contributed by atoms with Gasteiger partial charge in [-0.2, -0.15) is 0 Å². The Labute approximate surface area is 197 Å². The normalized spacial score (nSPS) is 43.2. The Hall–Kier alpha value is -1.05. The summed E-state index contributed by atoms with van der Waals surface area (Å²) in [5.41, 5.74) is 2.44. The zero-order valence-corrected chi connectivity index (χ0v) is 21.8. The molecule has 0 N–H and O–H groups in total. The molecule has 0 saturated heterocycles. The maximum Gasteiger partial charge on any atom is 0.302 e. The molecule has 0 aromatic heterocycles. The van der Waals surface area contributed by atoms with E-state index < -0.39 is 0 Å². The molecule has 0 spiro atoms. The summed E-state index contributed by atoms with van der Waals surface area (Å²) in [6, 6.07) is 0. The highest BCUT2D eigenvalue weighted by Gasteiger charge is 2.59. The Morgan fingerprint density at radius 2 is 1.78 bits per heavy atom. The lowest BCUT2D eigenvalue weighted by Gasteiger charge is -2.58. The molecule has 0 aliphatic heterocycles. The fraction of sp³-hybridized carbons (Fsp3) is 0.833. The van der Waals surface area contributed by atoms with Crippen molar-refractivity contribution in [2.24, 2.45) is 52.3 Å². The van der Waals surface area contributed by atoms with Crippen molar-refractivity contribution in [2.45, 2.75) is 106 Å². The minimum Gasteiger partial charge on any atom is -0.462 e. The fourth-order valence-electron chi connectivity index (χ4n) is 8.57. The third-order valence-electron chi connectivity index (χ3n) is 10.9. The van der Waals surface area contributed by atoms with Crippen molar-refractivity contribution in [3.8, 4) is 0 Å². The van der Waals surface area contributed by atoms with Crippen molar-refractivity contribution in [1.82, 2.24) is 0 Å². The monoisotopic (exact) mass is 440 g/mol. The number of allylic oxidation sites excluding steroid dienone is 3. The van der Waals surface area contributed by atoms with Gasteiger partial charge in [0.05, 0.1) is 0 Å². The standard InChI is InChI=1S/C30H48O2/c1-19(2)20(3)8-9-21(4)26-12-13-27-25-11-10-23-18-24(32-22(5)31)14-16-29(23,6)28(25)15-17-30(26,27)7/h8-10,19-21,24-28H,11-18H2,1-7H3/b9-8+/t20-,21+,24+,25+,26-,27-,28-,29+,30+/m0/s1. The first-order valence-corrected chi connectivity index (χ1v) is 13.6. The summed E-state index contributed by atoms with van der Waals surface area (Å²) >= 11 is 0. The molecule has 32 heavy (non-hydrogen) atoms. The second-order valence-corrected chi connectivity index (χ2v) is 12.8. The Bertz CT molecular complexity index is 763. The topological polar surface area (TPSA) is 26.3 Å². The predicted octanol–water partition coefficient (Wildman–Crippen LogP) is 7.98. The lowest BCUT2D eigenvalue weighted by atomic mass is 9.47. The first-order chi connectivity index (χ1) is 15.1. The van der Waals surface area contributed by atoms with Crippen LogP contribution in [0, 0.1) is 52.3 Å². The van der Waals surface area contributed by atoms with E-state index in [0.29, 0.717) is 22.7 Å². The van der Waals surface area contributed by atoms with Crippen molar-refractivity contribution in [3.05, 3.63) is 23.8 Å². The Kier molecular flexibility index (Phi) is 6.74. The minimum absolute atomic E-state index is 0.106. The molecular formula is C30H48O2. The first kappa shape index (κ1) is 24.1.